The Kier molecular flexibility index (Phi) is 7.05. The van der Waals surface area contributed by atoms with Gasteiger partial charge in [0.25, 0.3) is 11.8 Å². The highest BCUT2D eigenvalue weighted by Gasteiger charge is 2.48. The van der Waals surface area contributed by atoms with E-state index in [1.807, 2.05) is 38.1 Å². The van der Waals surface area contributed by atoms with Crippen LogP contribution in [0.5, 0.6) is 0 Å². The van der Waals surface area contributed by atoms with Gasteiger partial charge in [0.1, 0.15) is 11.2 Å². The third-order valence-corrected chi connectivity index (χ3v) is 7.02. The molecule has 0 spiro atoms. The Balaban J connectivity index is 1.53. The Bertz CT molecular complexity index is 1050. The highest BCUT2D eigenvalue weighted by atomic mass is 16.2. The molecular formula is C26H35N5O3. The number of hydrogen-bond donors (Lipinski definition) is 2. The highest BCUT2D eigenvalue weighted by Crippen LogP contribution is 2.29. The second-order valence-electron chi connectivity index (χ2n) is 9.78. The summed E-state index contributed by atoms with van der Waals surface area (Å²) in [7, 11) is 0. The first kappa shape index (κ1) is 24.0. The molecule has 1 aliphatic carbocycles. The zero-order valence-electron chi connectivity index (χ0n) is 20.4. The summed E-state index contributed by atoms with van der Waals surface area (Å²) in [5.74, 6) is -0.739. The van der Waals surface area contributed by atoms with E-state index < -0.39 is 5.54 Å². The summed E-state index contributed by atoms with van der Waals surface area (Å²) in [6, 6.07) is 9.64. The largest absolute Gasteiger partial charge is 0.351 e. The maximum Gasteiger partial charge on any atom is 0.273 e. The number of benzene rings is 1. The van der Waals surface area contributed by atoms with Crippen LogP contribution in [0.1, 0.15) is 84.5 Å². The number of carbonyl (C=O) groups excluding carboxylic acids is 3. The van der Waals surface area contributed by atoms with Crippen molar-refractivity contribution >= 4 is 17.7 Å². The summed E-state index contributed by atoms with van der Waals surface area (Å²) >= 11 is 0. The van der Waals surface area contributed by atoms with Crippen LogP contribution in [-0.2, 0) is 17.9 Å². The van der Waals surface area contributed by atoms with Crippen molar-refractivity contribution in [2.24, 2.45) is 0 Å². The first-order valence-corrected chi connectivity index (χ1v) is 12.4. The molecule has 3 amide bonds. The lowest BCUT2D eigenvalue weighted by atomic mass is 9.94. The van der Waals surface area contributed by atoms with Crippen LogP contribution >= 0.6 is 0 Å². The van der Waals surface area contributed by atoms with Gasteiger partial charge in [-0.3, -0.25) is 19.1 Å². The van der Waals surface area contributed by atoms with E-state index in [4.69, 9.17) is 0 Å². The monoisotopic (exact) mass is 465 g/mol. The lowest BCUT2D eigenvalue weighted by Crippen LogP contribution is -2.65. The molecule has 182 valence electrons. The van der Waals surface area contributed by atoms with Gasteiger partial charge in [-0.2, -0.15) is 5.10 Å². The van der Waals surface area contributed by atoms with Gasteiger partial charge in [0, 0.05) is 25.2 Å². The van der Waals surface area contributed by atoms with Crippen LogP contribution in [0.25, 0.3) is 0 Å². The molecule has 2 heterocycles. The van der Waals surface area contributed by atoms with Crippen molar-refractivity contribution in [3.63, 3.8) is 0 Å². The van der Waals surface area contributed by atoms with Crippen LogP contribution in [0.4, 0.5) is 0 Å². The highest BCUT2D eigenvalue weighted by molar-refractivity contribution is 6.01. The zero-order chi connectivity index (χ0) is 24.3. The van der Waals surface area contributed by atoms with Crippen LogP contribution in [0, 0.1) is 6.92 Å². The van der Waals surface area contributed by atoms with E-state index in [1.165, 1.54) is 4.68 Å². The fourth-order valence-electron chi connectivity index (χ4n) is 4.81. The number of nitrogens with one attached hydrogen (secondary N) is 2. The number of nitrogens with zero attached hydrogens (tertiary/aromatic N) is 3. The van der Waals surface area contributed by atoms with Gasteiger partial charge in [0.15, 0.2) is 5.69 Å². The lowest BCUT2D eigenvalue weighted by Gasteiger charge is -2.43. The number of hydrogen-bond acceptors (Lipinski definition) is 4. The van der Waals surface area contributed by atoms with Crippen molar-refractivity contribution in [3.8, 4) is 0 Å². The number of aromatic nitrogens is 2. The Morgan fingerprint density at radius 1 is 1.18 bits per heavy atom. The van der Waals surface area contributed by atoms with Crippen LogP contribution in [0.3, 0.4) is 0 Å². The predicted molar refractivity (Wildman–Crippen MR) is 129 cm³/mol. The Labute approximate surface area is 201 Å². The molecular weight excluding hydrogens is 430 g/mol. The minimum Gasteiger partial charge on any atom is -0.351 e. The molecule has 1 atom stereocenters. The van der Waals surface area contributed by atoms with Gasteiger partial charge in [-0.05, 0) is 38.7 Å². The second-order valence-corrected chi connectivity index (χ2v) is 9.78. The predicted octanol–water partition coefficient (Wildman–Crippen LogP) is 3.19. The van der Waals surface area contributed by atoms with E-state index in [-0.39, 0.29) is 36.0 Å². The average Bonchev–Trinajstić information content (AvgIpc) is 3.48. The summed E-state index contributed by atoms with van der Waals surface area (Å²) in [6.45, 7) is 6.98. The maximum absolute atomic E-state index is 13.5. The number of aryl methyl sites for hydroxylation is 1. The van der Waals surface area contributed by atoms with Gasteiger partial charge in [-0.25, -0.2) is 0 Å². The van der Waals surface area contributed by atoms with Crippen molar-refractivity contribution < 1.29 is 14.4 Å². The summed E-state index contributed by atoms with van der Waals surface area (Å²) in [5, 5.41) is 10.5. The minimum absolute atomic E-state index is 0.143. The third-order valence-electron chi connectivity index (χ3n) is 7.02. The van der Waals surface area contributed by atoms with E-state index in [2.05, 4.69) is 22.7 Å². The van der Waals surface area contributed by atoms with Crippen LogP contribution in [0.15, 0.2) is 30.3 Å². The molecule has 1 aliphatic heterocycles. The molecule has 0 radical (unpaired) electrons. The van der Waals surface area contributed by atoms with E-state index in [1.54, 1.807) is 11.0 Å². The maximum atomic E-state index is 13.5. The van der Waals surface area contributed by atoms with Gasteiger partial charge in [0.2, 0.25) is 5.91 Å². The Morgan fingerprint density at radius 3 is 2.56 bits per heavy atom. The molecule has 34 heavy (non-hydrogen) atoms. The normalized spacial score (nSPS) is 20.3. The first-order chi connectivity index (χ1) is 16.3. The second kappa shape index (κ2) is 9.99. The number of amides is 3. The quantitative estimate of drug-likeness (QED) is 0.626. The van der Waals surface area contributed by atoms with Crippen molar-refractivity contribution in [2.75, 3.05) is 6.54 Å². The molecule has 8 nitrogen and oxygen atoms in total. The summed E-state index contributed by atoms with van der Waals surface area (Å²) in [4.78, 5) is 41.4. The summed E-state index contributed by atoms with van der Waals surface area (Å²) in [5.41, 5.74) is 1.63. The zero-order valence-corrected chi connectivity index (χ0v) is 20.4. The van der Waals surface area contributed by atoms with E-state index in [9.17, 15) is 14.4 Å². The standard InChI is InChI=1S/C26H35N5O3/c1-4-5-14-30-24(33)22-15-21(23(32)27-16-19-12-10-18(2)11-13-19)29-31(22)17-26(30,3)25(34)28-20-8-6-7-9-20/h10-13,15,20H,4-9,14,16-17H2,1-3H3,(H,27,32)(H,28,34). The molecule has 1 aromatic heterocycles. The number of rotatable bonds is 8. The van der Waals surface area contributed by atoms with Crippen LogP contribution in [-0.4, -0.2) is 50.5 Å². The fraction of sp³-hybridized carbons (Fsp3) is 0.538. The van der Waals surface area contributed by atoms with Gasteiger partial charge in [-0.1, -0.05) is 56.0 Å². The molecule has 2 aliphatic rings. The third kappa shape index (κ3) is 4.86. The van der Waals surface area contributed by atoms with Crippen LogP contribution < -0.4 is 10.6 Å². The van der Waals surface area contributed by atoms with Gasteiger partial charge >= 0.3 is 0 Å². The Hall–Kier alpha value is -3.16. The number of fused-ring (bicyclic) bond motifs is 1. The molecule has 8 heteroatoms. The number of unbranched alkanes of at least 4 members (excludes halogenated alkanes) is 1. The number of carbonyl (C=O) groups is 3. The molecule has 2 aromatic rings. The fourth-order valence-corrected chi connectivity index (χ4v) is 4.81. The molecule has 1 fully saturated rings. The molecule has 1 saturated carbocycles. The SMILES string of the molecule is CCCCN1C(=O)c2cc(C(=O)NCc3ccc(C)cc3)nn2CC1(C)C(=O)NC1CCCC1. The van der Waals surface area contributed by atoms with Crippen molar-refractivity contribution in [1.82, 2.24) is 25.3 Å². The van der Waals surface area contributed by atoms with Gasteiger partial charge in [-0.15, -0.1) is 0 Å². The molecule has 0 bridgehead atoms. The molecule has 2 N–H and O–H groups in total. The topological polar surface area (TPSA) is 96.3 Å². The average molecular weight is 466 g/mol. The molecule has 1 aromatic carbocycles. The van der Waals surface area contributed by atoms with Crippen LogP contribution in [0.2, 0.25) is 0 Å². The van der Waals surface area contributed by atoms with Gasteiger partial charge < -0.3 is 15.5 Å². The van der Waals surface area contributed by atoms with E-state index in [0.717, 1.165) is 49.7 Å². The summed E-state index contributed by atoms with van der Waals surface area (Å²) in [6.07, 6.45) is 5.90. The molecule has 4 rings (SSSR count). The first-order valence-electron chi connectivity index (χ1n) is 12.4. The van der Waals surface area contributed by atoms with E-state index in [0.29, 0.717) is 18.8 Å². The lowest BCUT2D eigenvalue weighted by molar-refractivity contribution is -0.133. The van der Waals surface area contributed by atoms with Gasteiger partial charge in [0.05, 0.1) is 6.54 Å². The summed E-state index contributed by atoms with van der Waals surface area (Å²) < 4.78 is 1.53. The van der Waals surface area contributed by atoms with Crippen molar-refractivity contribution in [3.05, 3.63) is 52.8 Å². The minimum atomic E-state index is -1.05. The Morgan fingerprint density at radius 2 is 1.88 bits per heavy atom. The molecule has 1 unspecified atom stereocenters. The molecule has 0 saturated heterocycles. The van der Waals surface area contributed by atoms with Crippen molar-refractivity contribution in [1.29, 1.82) is 0 Å². The van der Waals surface area contributed by atoms with E-state index >= 15 is 0 Å². The smallest absolute Gasteiger partial charge is 0.273 e. The van der Waals surface area contributed by atoms with Crippen molar-refractivity contribution in [2.45, 2.75) is 84.0 Å².